The van der Waals surface area contributed by atoms with Crippen molar-refractivity contribution < 1.29 is 9.90 Å². The van der Waals surface area contributed by atoms with Crippen LogP contribution in [0.5, 0.6) is 0 Å². The van der Waals surface area contributed by atoms with Crippen LogP contribution in [0.25, 0.3) is 10.2 Å². The Balaban J connectivity index is 2.08. The second-order valence-electron chi connectivity index (χ2n) is 4.32. The number of carbonyl (C=O) groups is 1. The van der Waals surface area contributed by atoms with Crippen LogP contribution in [0.3, 0.4) is 0 Å². The van der Waals surface area contributed by atoms with Gasteiger partial charge in [0.05, 0.1) is 31.9 Å². The molecule has 3 nitrogen and oxygen atoms in total. The van der Waals surface area contributed by atoms with Crippen LogP contribution in [-0.4, -0.2) is 10.5 Å². The van der Waals surface area contributed by atoms with Gasteiger partial charge in [-0.25, -0.2) is 0 Å². The van der Waals surface area contributed by atoms with Crippen LogP contribution in [0, 0.1) is 0 Å². The van der Waals surface area contributed by atoms with E-state index in [1.807, 2.05) is 17.5 Å². The largest absolute Gasteiger partial charge is 0.543 e. The highest BCUT2D eigenvalue weighted by molar-refractivity contribution is 7.17. The smallest absolute Gasteiger partial charge is 0.0880 e. The summed E-state index contributed by atoms with van der Waals surface area (Å²) in [5.41, 5.74) is 1.92. The second-order valence-corrected chi connectivity index (χ2v) is 6.08. The van der Waals surface area contributed by atoms with Crippen molar-refractivity contribution in [2.45, 2.75) is 6.54 Å². The van der Waals surface area contributed by atoms with E-state index < -0.39 is 5.97 Å². The van der Waals surface area contributed by atoms with Crippen LogP contribution in [0.4, 0.5) is 0 Å². The van der Waals surface area contributed by atoms with E-state index in [9.17, 15) is 9.90 Å². The van der Waals surface area contributed by atoms with Crippen molar-refractivity contribution in [1.29, 1.82) is 0 Å². The first-order valence-electron chi connectivity index (χ1n) is 5.78. The van der Waals surface area contributed by atoms with Gasteiger partial charge in [0.25, 0.3) is 0 Å². The van der Waals surface area contributed by atoms with Crippen molar-refractivity contribution in [1.82, 2.24) is 4.57 Å². The number of rotatable bonds is 3. The maximum absolute atomic E-state index is 11.2. The summed E-state index contributed by atoms with van der Waals surface area (Å²) in [6.45, 7) is 0.403. The zero-order valence-electron chi connectivity index (χ0n) is 10.1. The third kappa shape index (κ3) is 2.30. The highest BCUT2D eigenvalue weighted by Gasteiger charge is 2.11. The Hall–Kier alpha value is -1.49. The summed E-state index contributed by atoms with van der Waals surface area (Å²) in [6.07, 6.45) is 0. The minimum atomic E-state index is -1.19. The summed E-state index contributed by atoms with van der Waals surface area (Å²) in [5.74, 6) is -1.19. The number of carboxylic acid groups (broad SMARTS) is 1. The minimum absolute atomic E-state index is 0.165. The van der Waals surface area contributed by atoms with Gasteiger partial charge in [0.1, 0.15) is 0 Å². The number of carbonyl (C=O) groups excluding carboxylic acids is 1. The normalized spacial score (nSPS) is 11.1. The number of hydrogen-bond acceptors (Lipinski definition) is 3. The SMILES string of the molecule is O=C([O-])c1cc2sccc2n1Cc1ccc(Cl)c(Cl)c1. The zero-order valence-corrected chi connectivity index (χ0v) is 12.4. The van der Waals surface area contributed by atoms with Crippen molar-refractivity contribution in [3.8, 4) is 0 Å². The maximum atomic E-state index is 11.2. The van der Waals surface area contributed by atoms with Crippen LogP contribution in [0.15, 0.2) is 35.7 Å². The van der Waals surface area contributed by atoms with Crippen LogP contribution >= 0.6 is 34.5 Å². The number of carboxylic acids is 1. The first kappa shape index (κ1) is 13.5. The van der Waals surface area contributed by atoms with E-state index in [1.54, 1.807) is 22.8 Å². The molecule has 102 valence electrons. The Bertz CT molecular complexity index is 807. The van der Waals surface area contributed by atoms with Crippen LogP contribution in [0.1, 0.15) is 16.1 Å². The molecule has 0 fully saturated rings. The number of benzene rings is 1. The van der Waals surface area contributed by atoms with Crippen molar-refractivity contribution in [3.05, 3.63) is 57.0 Å². The summed E-state index contributed by atoms with van der Waals surface area (Å²) in [4.78, 5) is 11.2. The lowest BCUT2D eigenvalue weighted by atomic mass is 10.2. The lowest BCUT2D eigenvalue weighted by Gasteiger charge is -2.11. The van der Waals surface area contributed by atoms with E-state index in [1.165, 1.54) is 11.3 Å². The van der Waals surface area contributed by atoms with Gasteiger partial charge in [-0.2, -0.15) is 0 Å². The molecule has 0 amide bonds. The van der Waals surface area contributed by atoms with E-state index in [0.29, 0.717) is 16.6 Å². The Morgan fingerprint density at radius 2 is 2.00 bits per heavy atom. The van der Waals surface area contributed by atoms with E-state index in [2.05, 4.69) is 0 Å². The molecule has 0 radical (unpaired) electrons. The van der Waals surface area contributed by atoms with Gasteiger partial charge in [-0.05, 0) is 35.2 Å². The molecule has 0 aliphatic rings. The van der Waals surface area contributed by atoms with Gasteiger partial charge < -0.3 is 14.5 Å². The first-order valence-corrected chi connectivity index (χ1v) is 7.42. The highest BCUT2D eigenvalue weighted by atomic mass is 35.5. The molecule has 6 heteroatoms. The van der Waals surface area contributed by atoms with Gasteiger partial charge in [-0.1, -0.05) is 29.3 Å². The molecule has 0 N–H and O–H groups in total. The molecule has 0 aliphatic heterocycles. The number of halogens is 2. The van der Waals surface area contributed by atoms with Gasteiger partial charge in [-0.3, -0.25) is 0 Å². The van der Waals surface area contributed by atoms with Crippen molar-refractivity contribution in [3.63, 3.8) is 0 Å². The Morgan fingerprint density at radius 1 is 1.20 bits per heavy atom. The monoisotopic (exact) mass is 324 g/mol. The molecule has 0 bridgehead atoms. The Morgan fingerprint density at radius 3 is 2.70 bits per heavy atom. The molecule has 2 aromatic heterocycles. The third-order valence-electron chi connectivity index (χ3n) is 3.06. The summed E-state index contributed by atoms with van der Waals surface area (Å²) in [6, 6.07) is 8.79. The predicted octanol–water partition coefficient (Wildman–Crippen LogP) is 3.42. The minimum Gasteiger partial charge on any atom is -0.543 e. The first-order chi connectivity index (χ1) is 9.56. The molecule has 0 atom stereocenters. The average molecular weight is 325 g/mol. The van der Waals surface area contributed by atoms with Gasteiger partial charge in [-0.15, -0.1) is 11.3 Å². The van der Waals surface area contributed by atoms with E-state index in [-0.39, 0.29) is 5.69 Å². The van der Waals surface area contributed by atoms with Crippen molar-refractivity contribution in [2.24, 2.45) is 0 Å². The molecular weight excluding hydrogens is 317 g/mol. The van der Waals surface area contributed by atoms with E-state index in [0.717, 1.165) is 15.8 Å². The molecule has 0 saturated carbocycles. The number of aromatic carboxylic acids is 1. The second kappa shape index (κ2) is 5.13. The van der Waals surface area contributed by atoms with Crippen LogP contribution in [0.2, 0.25) is 10.0 Å². The van der Waals surface area contributed by atoms with Gasteiger partial charge in [0.2, 0.25) is 0 Å². The van der Waals surface area contributed by atoms with Gasteiger partial charge >= 0.3 is 0 Å². The lowest BCUT2D eigenvalue weighted by molar-refractivity contribution is -0.255. The predicted molar refractivity (Wildman–Crippen MR) is 79.7 cm³/mol. The molecule has 2 heterocycles. The number of aromatic nitrogens is 1. The number of thiophene rings is 1. The van der Waals surface area contributed by atoms with Gasteiger partial charge in [0.15, 0.2) is 0 Å². The molecule has 3 aromatic rings. The standard InChI is InChI=1S/C14H9Cl2NO2S/c15-9-2-1-8(5-10(9)16)7-17-11-3-4-20-13(11)6-12(17)14(18)19/h1-6H,7H2,(H,18,19)/p-1. The molecular formula is C14H8Cl2NO2S-. The molecule has 0 saturated heterocycles. The Kier molecular flexibility index (Phi) is 3.46. The number of fused-ring (bicyclic) bond motifs is 1. The summed E-state index contributed by atoms with van der Waals surface area (Å²) in [7, 11) is 0. The molecule has 1 aromatic carbocycles. The topological polar surface area (TPSA) is 45.1 Å². The number of hydrogen-bond donors (Lipinski definition) is 0. The van der Waals surface area contributed by atoms with Gasteiger partial charge in [0, 0.05) is 6.54 Å². The molecule has 0 spiro atoms. The summed E-state index contributed by atoms with van der Waals surface area (Å²) >= 11 is 13.4. The van der Waals surface area contributed by atoms with Crippen LogP contribution < -0.4 is 5.11 Å². The lowest BCUT2D eigenvalue weighted by Crippen LogP contribution is -2.25. The Labute approximate surface area is 129 Å². The fraction of sp³-hybridized carbons (Fsp3) is 0.0714. The average Bonchev–Trinajstić information content (AvgIpc) is 2.96. The quantitative estimate of drug-likeness (QED) is 0.741. The third-order valence-corrected chi connectivity index (χ3v) is 4.65. The maximum Gasteiger partial charge on any atom is 0.0880 e. The van der Waals surface area contributed by atoms with Crippen molar-refractivity contribution in [2.75, 3.05) is 0 Å². The van der Waals surface area contributed by atoms with Crippen molar-refractivity contribution >= 4 is 50.7 Å². The van der Waals surface area contributed by atoms with E-state index in [4.69, 9.17) is 23.2 Å². The fourth-order valence-electron chi connectivity index (χ4n) is 2.14. The molecule has 0 unspecified atom stereocenters. The molecule has 0 aliphatic carbocycles. The van der Waals surface area contributed by atoms with E-state index >= 15 is 0 Å². The summed E-state index contributed by atoms with van der Waals surface area (Å²) < 4.78 is 2.63. The summed E-state index contributed by atoms with van der Waals surface area (Å²) in [5, 5.41) is 14.1. The number of nitrogens with zero attached hydrogens (tertiary/aromatic N) is 1. The van der Waals surface area contributed by atoms with Crippen LogP contribution in [-0.2, 0) is 6.54 Å². The zero-order chi connectivity index (χ0) is 14.3. The molecule has 3 rings (SSSR count). The fourth-order valence-corrected chi connectivity index (χ4v) is 3.28. The highest BCUT2D eigenvalue weighted by Crippen LogP contribution is 2.28. The molecule has 20 heavy (non-hydrogen) atoms.